The number of fused-ring (bicyclic) bond motifs is 1. The molecule has 0 saturated heterocycles. The Hall–Kier alpha value is -1.90. The van der Waals surface area contributed by atoms with Gasteiger partial charge in [0.15, 0.2) is 0 Å². The third-order valence-electron chi connectivity index (χ3n) is 2.12. The van der Waals surface area contributed by atoms with E-state index in [9.17, 15) is 9.18 Å². The molecule has 1 N–H and O–H groups in total. The van der Waals surface area contributed by atoms with Crippen LogP contribution in [0.3, 0.4) is 0 Å². The summed E-state index contributed by atoms with van der Waals surface area (Å²) in [6.45, 7) is 3.53. The summed E-state index contributed by atoms with van der Waals surface area (Å²) in [6, 6.07) is 4.34. The molecule has 1 aromatic heterocycles. The molecule has 0 aliphatic carbocycles. The molecule has 0 amide bonds. The highest BCUT2D eigenvalue weighted by molar-refractivity contribution is 5.89. The predicted octanol–water partition coefficient (Wildman–Crippen LogP) is 2.31. The van der Waals surface area contributed by atoms with Crippen molar-refractivity contribution in [2.75, 3.05) is 0 Å². The smallest absolute Gasteiger partial charge is 0.248 e. The van der Waals surface area contributed by atoms with Crippen LogP contribution in [0.15, 0.2) is 35.8 Å². The van der Waals surface area contributed by atoms with Crippen LogP contribution in [0.4, 0.5) is 4.39 Å². The zero-order chi connectivity index (χ0) is 10.1. The van der Waals surface area contributed by atoms with Gasteiger partial charge in [0.1, 0.15) is 5.82 Å². The summed E-state index contributed by atoms with van der Waals surface area (Å²) in [6.07, 6.45) is 2.94. The third-order valence-corrected chi connectivity index (χ3v) is 2.12. The van der Waals surface area contributed by atoms with Crippen molar-refractivity contribution in [2.24, 2.45) is 0 Å². The lowest BCUT2D eigenvalue weighted by atomic mass is 10.1. The van der Waals surface area contributed by atoms with Crippen molar-refractivity contribution >= 4 is 16.8 Å². The van der Waals surface area contributed by atoms with Crippen LogP contribution in [0.2, 0.25) is 0 Å². The van der Waals surface area contributed by atoms with E-state index >= 15 is 0 Å². The second kappa shape index (κ2) is 3.10. The lowest BCUT2D eigenvalue weighted by Crippen LogP contribution is -2.02. The second-order valence-corrected chi connectivity index (χ2v) is 2.97. The van der Waals surface area contributed by atoms with Gasteiger partial charge < -0.3 is 4.98 Å². The van der Waals surface area contributed by atoms with Crippen molar-refractivity contribution < 1.29 is 4.39 Å². The molecule has 0 aliphatic rings. The fraction of sp³-hybridized carbons (Fsp3) is 0. The van der Waals surface area contributed by atoms with Crippen LogP contribution in [0, 0.1) is 5.82 Å². The van der Waals surface area contributed by atoms with Crippen LogP contribution in [0.5, 0.6) is 0 Å². The average molecular weight is 189 g/mol. The van der Waals surface area contributed by atoms with E-state index in [1.54, 1.807) is 6.07 Å². The van der Waals surface area contributed by atoms with Gasteiger partial charge in [0, 0.05) is 23.2 Å². The van der Waals surface area contributed by atoms with E-state index in [0.29, 0.717) is 16.3 Å². The highest BCUT2D eigenvalue weighted by Gasteiger charge is 2.03. The number of H-pyrrole nitrogens is 1. The predicted molar refractivity (Wildman–Crippen MR) is 54.6 cm³/mol. The lowest BCUT2D eigenvalue weighted by Gasteiger charge is -2.02. The number of hydrogen-bond donors (Lipinski definition) is 1. The minimum absolute atomic E-state index is 0.195. The minimum atomic E-state index is -0.334. The summed E-state index contributed by atoms with van der Waals surface area (Å²) in [5, 5.41) is 1.38. The number of halogens is 1. The van der Waals surface area contributed by atoms with E-state index in [2.05, 4.69) is 11.6 Å². The largest absolute Gasteiger partial charge is 0.328 e. The molecule has 0 radical (unpaired) electrons. The van der Waals surface area contributed by atoms with Crippen LogP contribution < -0.4 is 5.56 Å². The number of aromatic nitrogens is 1. The molecule has 0 aliphatic heterocycles. The molecule has 0 atom stereocenters. The fourth-order valence-corrected chi connectivity index (χ4v) is 1.45. The minimum Gasteiger partial charge on any atom is -0.328 e. The van der Waals surface area contributed by atoms with Crippen LogP contribution in [0.25, 0.3) is 16.8 Å². The van der Waals surface area contributed by atoms with Crippen molar-refractivity contribution in [3.63, 3.8) is 0 Å². The van der Waals surface area contributed by atoms with E-state index in [1.807, 2.05) is 0 Å². The van der Waals surface area contributed by atoms with Gasteiger partial charge in [-0.15, -0.1) is 0 Å². The Bertz CT molecular complexity index is 557. The van der Waals surface area contributed by atoms with Crippen molar-refractivity contribution in [3.05, 3.63) is 52.7 Å². The van der Waals surface area contributed by atoms with Crippen molar-refractivity contribution in [3.8, 4) is 0 Å². The first kappa shape index (κ1) is 8.69. The molecule has 2 nitrogen and oxygen atoms in total. The Morgan fingerprint density at radius 3 is 2.93 bits per heavy atom. The SMILES string of the molecule is C=Cc1c(F)ccc2cc(=O)[nH]cc12. The number of pyridine rings is 1. The monoisotopic (exact) mass is 189 g/mol. The summed E-state index contributed by atoms with van der Waals surface area (Å²) < 4.78 is 13.3. The first-order valence-corrected chi connectivity index (χ1v) is 4.16. The Labute approximate surface area is 79.7 Å². The summed E-state index contributed by atoms with van der Waals surface area (Å²) in [5.74, 6) is -0.334. The number of benzene rings is 1. The first-order valence-electron chi connectivity index (χ1n) is 4.16. The van der Waals surface area contributed by atoms with E-state index in [1.165, 1.54) is 24.4 Å². The molecule has 2 rings (SSSR count). The van der Waals surface area contributed by atoms with Gasteiger partial charge in [0.2, 0.25) is 5.56 Å². The number of hydrogen-bond acceptors (Lipinski definition) is 1. The zero-order valence-electron chi connectivity index (χ0n) is 7.38. The maximum Gasteiger partial charge on any atom is 0.248 e. The third kappa shape index (κ3) is 1.23. The Kier molecular flexibility index (Phi) is 1.93. The molecule has 0 spiro atoms. The molecule has 1 heterocycles. The van der Waals surface area contributed by atoms with Gasteiger partial charge in [-0.3, -0.25) is 4.79 Å². The molecule has 3 heteroatoms. The molecule has 0 fully saturated rings. The van der Waals surface area contributed by atoms with Crippen molar-refractivity contribution in [1.82, 2.24) is 4.98 Å². The molecule has 14 heavy (non-hydrogen) atoms. The van der Waals surface area contributed by atoms with Crippen LogP contribution in [0.1, 0.15) is 5.56 Å². The fourth-order valence-electron chi connectivity index (χ4n) is 1.45. The molecule has 1 aromatic carbocycles. The second-order valence-electron chi connectivity index (χ2n) is 2.97. The molecular formula is C11H8FNO. The van der Waals surface area contributed by atoms with Gasteiger partial charge in [-0.05, 0) is 11.5 Å². The number of aromatic amines is 1. The first-order chi connectivity index (χ1) is 6.72. The highest BCUT2D eigenvalue weighted by atomic mass is 19.1. The number of rotatable bonds is 1. The lowest BCUT2D eigenvalue weighted by molar-refractivity contribution is 0.627. The van der Waals surface area contributed by atoms with Gasteiger partial charge in [0.25, 0.3) is 0 Å². The normalized spacial score (nSPS) is 10.4. The van der Waals surface area contributed by atoms with Gasteiger partial charge in [-0.1, -0.05) is 18.7 Å². The van der Waals surface area contributed by atoms with Crippen LogP contribution in [-0.4, -0.2) is 4.98 Å². The number of nitrogens with one attached hydrogen (secondary N) is 1. The molecular weight excluding hydrogens is 181 g/mol. The Morgan fingerprint density at radius 2 is 2.21 bits per heavy atom. The van der Waals surface area contributed by atoms with Gasteiger partial charge in [0.05, 0.1) is 0 Å². The van der Waals surface area contributed by atoms with E-state index < -0.39 is 0 Å². The van der Waals surface area contributed by atoms with E-state index in [4.69, 9.17) is 0 Å². The van der Waals surface area contributed by atoms with Crippen LogP contribution in [-0.2, 0) is 0 Å². The Balaban J connectivity index is 2.95. The van der Waals surface area contributed by atoms with E-state index in [-0.39, 0.29) is 11.4 Å². The Morgan fingerprint density at radius 1 is 1.43 bits per heavy atom. The standard InChI is InChI=1S/C11H8FNO/c1-2-8-9-6-13-11(14)5-7(9)3-4-10(8)12/h2-6H,1H2,(H,13,14). The van der Waals surface area contributed by atoms with Crippen LogP contribution >= 0.6 is 0 Å². The quantitative estimate of drug-likeness (QED) is 0.733. The summed E-state index contributed by atoms with van der Waals surface area (Å²) in [4.78, 5) is 13.5. The summed E-state index contributed by atoms with van der Waals surface area (Å²) in [5.41, 5.74) is 0.220. The summed E-state index contributed by atoms with van der Waals surface area (Å²) in [7, 11) is 0. The van der Waals surface area contributed by atoms with Gasteiger partial charge in [-0.2, -0.15) is 0 Å². The van der Waals surface area contributed by atoms with Crippen molar-refractivity contribution in [2.45, 2.75) is 0 Å². The maximum absolute atomic E-state index is 13.3. The van der Waals surface area contributed by atoms with E-state index in [0.717, 1.165) is 0 Å². The molecule has 0 bridgehead atoms. The highest BCUT2D eigenvalue weighted by Crippen LogP contribution is 2.20. The molecule has 0 unspecified atom stereocenters. The topological polar surface area (TPSA) is 32.9 Å². The molecule has 0 saturated carbocycles. The summed E-state index contributed by atoms with van der Waals surface area (Å²) >= 11 is 0. The zero-order valence-corrected chi connectivity index (χ0v) is 7.38. The van der Waals surface area contributed by atoms with Crippen molar-refractivity contribution in [1.29, 1.82) is 0 Å². The maximum atomic E-state index is 13.3. The van der Waals surface area contributed by atoms with Gasteiger partial charge in [-0.25, -0.2) is 4.39 Å². The molecule has 2 aromatic rings. The van der Waals surface area contributed by atoms with Gasteiger partial charge >= 0.3 is 0 Å². The average Bonchev–Trinajstić information content (AvgIpc) is 2.18. The molecule has 70 valence electrons.